The Balaban J connectivity index is 1.76. The van der Waals surface area contributed by atoms with E-state index in [0.717, 1.165) is 30.3 Å². The van der Waals surface area contributed by atoms with Gasteiger partial charge in [-0.05, 0) is 62.2 Å². The molecule has 3 nitrogen and oxygen atoms in total. The van der Waals surface area contributed by atoms with Gasteiger partial charge in [0, 0.05) is 12.3 Å². The molecule has 0 aromatic heterocycles. The lowest BCUT2D eigenvalue weighted by Crippen LogP contribution is -2.57. The summed E-state index contributed by atoms with van der Waals surface area (Å²) >= 11 is 0. The molecular formula is C22H34O3. The van der Waals surface area contributed by atoms with E-state index in [1.54, 1.807) is 0 Å². The Hall–Kier alpha value is -1.09. The second-order valence-electron chi connectivity index (χ2n) is 9.13. The van der Waals surface area contributed by atoms with Gasteiger partial charge in [0.05, 0.1) is 6.10 Å². The van der Waals surface area contributed by atoms with Crippen molar-refractivity contribution in [1.82, 2.24) is 0 Å². The van der Waals surface area contributed by atoms with Gasteiger partial charge in [-0.3, -0.25) is 4.79 Å². The summed E-state index contributed by atoms with van der Waals surface area (Å²) in [5.74, 6) is 3.02. The van der Waals surface area contributed by atoms with Crippen molar-refractivity contribution < 1.29 is 14.6 Å². The Bertz CT molecular complexity index is 580. The molecule has 0 radical (unpaired) electrons. The number of carbonyl (C=O) groups is 1. The van der Waals surface area contributed by atoms with Crippen LogP contribution in [-0.4, -0.2) is 23.3 Å². The molecule has 0 aliphatic heterocycles. The van der Waals surface area contributed by atoms with Gasteiger partial charge >= 0.3 is 5.97 Å². The molecule has 3 heteroatoms. The Kier molecular flexibility index (Phi) is 4.91. The van der Waals surface area contributed by atoms with E-state index in [1.807, 2.05) is 6.92 Å². The third-order valence-corrected chi connectivity index (χ3v) is 7.72. The van der Waals surface area contributed by atoms with Crippen LogP contribution in [0.1, 0.15) is 59.8 Å². The van der Waals surface area contributed by atoms with Gasteiger partial charge in [0.25, 0.3) is 0 Å². The highest BCUT2D eigenvalue weighted by Crippen LogP contribution is 2.73. The normalized spacial score (nSPS) is 42.9. The number of rotatable bonds is 6. The maximum atomic E-state index is 11.7. The summed E-state index contributed by atoms with van der Waals surface area (Å²) in [6, 6.07) is 0. The van der Waals surface area contributed by atoms with Crippen LogP contribution < -0.4 is 0 Å². The van der Waals surface area contributed by atoms with Gasteiger partial charge in [-0.1, -0.05) is 44.6 Å². The molecule has 1 N–H and O–H groups in total. The molecule has 0 bridgehead atoms. The van der Waals surface area contributed by atoms with Crippen LogP contribution in [0.5, 0.6) is 0 Å². The number of hydrogen-bond acceptors (Lipinski definition) is 3. The fraction of sp³-hybridized carbons (Fsp3) is 0.773. The van der Waals surface area contributed by atoms with Crippen LogP contribution in [0.2, 0.25) is 0 Å². The smallest absolute Gasteiger partial charge is 0.302 e. The lowest BCUT2D eigenvalue weighted by Gasteiger charge is -2.59. The molecule has 0 aromatic rings. The van der Waals surface area contributed by atoms with Crippen LogP contribution in [-0.2, 0) is 9.53 Å². The lowest BCUT2D eigenvalue weighted by atomic mass is 9.46. The number of aliphatic hydroxyl groups is 1. The first-order chi connectivity index (χ1) is 11.7. The topological polar surface area (TPSA) is 46.5 Å². The average Bonchev–Trinajstić information content (AvgIpc) is 2.97. The molecule has 0 spiro atoms. The van der Waals surface area contributed by atoms with Crippen molar-refractivity contribution in [2.75, 3.05) is 0 Å². The molecule has 0 amide bonds. The largest absolute Gasteiger partial charge is 0.462 e. The highest BCUT2D eigenvalue weighted by Gasteiger charge is 2.71. The van der Waals surface area contributed by atoms with E-state index in [1.165, 1.54) is 25.3 Å². The quantitative estimate of drug-likeness (QED) is 0.568. The first-order valence-corrected chi connectivity index (χ1v) is 9.86. The molecule has 3 aliphatic carbocycles. The van der Waals surface area contributed by atoms with Gasteiger partial charge in [0.15, 0.2) is 0 Å². The first kappa shape index (κ1) is 18.7. The van der Waals surface area contributed by atoms with Crippen LogP contribution in [0.15, 0.2) is 24.3 Å². The second kappa shape index (κ2) is 6.57. The van der Waals surface area contributed by atoms with Crippen LogP contribution in [0.3, 0.4) is 0 Å². The van der Waals surface area contributed by atoms with E-state index in [0.29, 0.717) is 24.2 Å². The Morgan fingerprint density at radius 3 is 2.60 bits per heavy atom. The average molecular weight is 347 g/mol. The van der Waals surface area contributed by atoms with Gasteiger partial charge in [0.1, 0.15) is 6.10 Å². The van der Waals surface area contributed by atoms with E-state index >= 15 is 0 Å². The third-order valence-electron chi connectivity index (χ3n) is 7.72. The SMILES string of the molecule is C=C(C)C(O)CCC(=C)C1CC(OC(C)=O)C2(C)C3CCC(C)C3C12. The molecule has 25 heavy (non-hydrogen) atoms. The number of aliphatic hydroxyl groups excluding tert-OH is 1. The molecule has 3 fully saturated rings. The number of esters is 1. The summed E-state index contributed by atoms with van der Waals surface area (Å²) in [5.41, 5.74) is 2.15. The Labute approximate surface area is 152 Å². The van der Waals surface area contributed by atoms with Gasteiger partial charge in [0.2, 0.25) is 0 Å². The molecule has 8 atom stereocenters. The summed E-state index contributed by atoms with van der Waals surface area (Å²) < 4.78 is 5.79. The maximum absolute atomic E-state index is 11.7. The number of allylic oxidation sites excluding steroid dienone is 1. The molecule has 0 heterocycles. The summed E-state index contributed by atoms with van der Waals surface area (Å²) in [7, 11) is 0. The van der Waals surface area contributed by atoms with E-state index in [4.69, 9.17) is 4.74 Å². The zero-order chi connectivity index (χ0) is 18.5. The molecule has 8 unspecified atom stereocenters. The van der Waals surface area contributed by atoms with Crippen LogP contribution in [0.4, 0.5) is 0 Å². The maximum Gasteiger partial charge on any atom is 0.302 e. The van der Waals surface area contributed by atoms with Crippen molar-refractivity contribution in [3.63, 3.8) is 0 Å². The zero-order valence-corrected chi connectivity index (χ0v) is 16.3. The summed E-state index contributed by atoms with van der Waals surface area (Å²) in [6.07, 6.45) is 4.55. The van der Waals surface area contributed by atoms with Crippen molar-refractivity contribution in [3.05, 3.63) is 24.3 Å². The minimum Gasteiger partial charge on any atom is -0.462 e. The Morgan fingerprint density at radius 2 is 2.00 bits per heavy atom. The third kappa shape index (κ3) is 2.89. The van der Waals surface area contributed by atoms with Crippen LogP contribution >= 0.6 is 0 Å². The number of hydrogen-bond donors (Lipinski definition) is 1. The standard InChI is InChI=1S/C22H34O3/c1-12(2)18(24)10-8-13(3)16-11-19(25-15(5)23)22(6)17-9-7-14(4)20(17)21(16)22/h14,16-21,24H,1,3,7-11H2,2,4-6H3. The second-order valence-corrected chi connectivity index (χ2v) is 9.13. The molecule has 0 saturated heterocycles. The highest BCUT2D eigenvalue weighted by molar-refractivity contribution is 5.66. The lowest BCUT2D eigenvalue weighted by molar-refractivity contribution is -0.177. The van der Waals surface area contributed by atoms with Crippen molar-refractivity contribution in [3.8, 4) is 0 Å². The minimum absolute atomic E-state index is 0.0226. The molecular weight excluding hydrogens is 312 g/mol. The fourth-order valence-corrected chi connectivity index (χ4v) is 6.43. The predicted octanol–water partition coefficient (Wildman–Crippen LogP) is 4.51. The number of fused-ring (bicyclic) bond motifs is 4. The predicted molar refractivity (Wildman–Crippen MR) is 99.8 cm³/mol. The highest BCUT2D eigenvalue weighted by atomic mass is 16.5. The molecule has 3 rings (SSSR count). The number of ether oxygens (including phenoxy) is 1. The van der Waals surface area contributed by atoms with E-state index < -0.39 is 6.10 Å². The summed E-state index contributed by atoms with van der Waals surface area (Å²) in [5, 5.41) is 10.1. The van der Waals surface area contributed by atoms with Crippen molar-refractivity contribution >= 4 is 5.97 Å². The van der Waals surface area contributed by atoms with Crippen molar-refractivity contribution in [2.45, 2.75) is 72.0 Å². The number of carbonyl (C=O) groups excluding carboxylic acids is 1. The van der Waals surface area contributed by atoms with E-state index in [9.17, 15) is 9.90 Å². The van der Waals surface area contributed by atoms with Gasteiger partial charge in [-0.15, -0.1) is 0 Å². The van der Waals surface area contributed by atoms with E-state index in [2.05, 4.69) is 27.0 Å². The first-order valence-electron chi connectivity index (χ1n) is 9.86. The van der Waals surface area contributed by atoms with Gasteiger partial charge in [-0.2, -0.15) is 0 Å². The van der Waals surface area contributed by atoms with Crippen molar-refractivity contribution in [1.29, 1.82) is 0 Å². The van der Waals surface area contributed by atoms with Crippen LogP contribution in [0, 0.1) is 35.0 Å². The molecule has 3 aliphatic rings. The zero-order valence-electron chi connectivity index (χ0n) is 16.3. The van der Waals surface area contributed by atoms with Gasteiger partial charge in [-0.25, -0.2) is 0 Å². The monoisotopic (exact) mass is 346 g/mol. The summed E-state index contributed by atoms with van der Waals surface area (Å²) in [4.78, 5) is 11.7. The molecule has 0 aromatic carbocycles. The fourth-order valence-electron chi connectivity index (χ4n) is 6.43. The van der Waals surface area contributed by atoms with Crippen molar-refractivity contribution in [2.24, 2.45) is 35.0 Å². The molecule has 140 valence electrons. The van der Waals surface area contributed by atoms with Crippen LogP contribution in [0.25, 0.3) is 0 Å². The Morgan fingerprint density at radius 1 is 1.32 bits per heavy atom. The minimum atomic E-state index is -0.451. The van der Waals surface area contributed by atoms with Gasteiger partial charge < -0.3 is 9.84 Å². The van der Waals surface area contributed by atoms with E-state index in [-0.39, 0.29) is 17.5 Å². The summed E-state index contributed by atoms with van der Waals surface area (Å²) in [6.45, 7) is 16.4. The molecule has 3 saturated carbocycles.